The van der Waals surface area contributed by atoms with E-state index in [1.54, 1.807) is 0 Å². The lowest BCUT2D eigenvalue weighted by atomic mass is 10.1. The molecule has 0 spiro atoms. The Kier molecular flexibility index (Phi) is 2.72. The van der Waals surface area contributed by atoms with Crippen LogP contribution in [-0.4, -0.2) is 18.1 Å². The fraction of sp³-hybridized carbons (Fsp3) is 0. The van der Waals surface area contributed by atoms with Crippen molar-refractivity contribution >= 4 is 15.8 Å². The van der Waals surface area contributed by atoms with Crippen molar-refractivity contribution in [1.82, 2.24) is 0 Å². The van der Waals surface area contributed by atoms with Gasteiger partial charge in [0.2, 0.25) is 0 Å². The summed E-state index contributed by atoms with van der Waals surface area (Å²) in [6.07, 6.45) is 0. The number of hydrogen-bond acceptors (Lipinski definition) is 6. The molecule has 0 aromatic heterocycles. The van der Waals surface area contributed by atoms with Gasteiger partial charge in [-0.3, -0.25) is 4.55 Å². The van der Waals surface area contributed by atoms with Crippen LogP contribution in [0.3, 0.4) is 0 Å². The number of anilines is 1. The van der Waals surface area contributed by atoms with Crippen molar-refractivity contribution in [2.45, 2.75) is 4.90 Å². The Labute approximate surface area is 90.7 Å². The van der Waals surface area contributed by atoms with Gasteiger partial charge in [0.05, 0.1) is 11.3 Å². The third-order valence-corrected chi connectivity index (χ3v) is 2.71. The topological polar surface area (TPSA) is 148 Å². The maximum absolute atomic E-state index is 10.9. The van der Waals surface area contributed by atoms with Crippen LogP contribution in [0.4, 0.5) is 5.69 Å². The molecule has 0 radical (unpaired) electrons. The van der Waals surface area contributed by atoms with E-state index < -0.39 is 37.6 Å². The molecule has 0 fully saturated rings. The first-order valence-electron chi connectivity index (χ1n) is 3.76. The van der Waals surface area contributed by atoms with Crippen LogP contribution >= 0.6 is 0 Å². The predicted molar refractivity (Wildman–Crippen MR) is 51.8 cm³/mol. The van der Waals surface area contributed by atoms with Crippen LogP contribution in [0.25, 0.3) is 0 Å². The fourth-order valence-corrected chi connectivity index (χ4v) is 1.72. The average molecular weight is 239 g/mol. The highest BCUT2D eigenvalue weighted by Gasteiger charge is 2.22. The van der Waals surface area contributed by atoms with E-state index in [9.17, 15) is 13.5 Å². The standard InChI is InChI=1S/C8H5N3O4S/c9-2-4-1-6(16(13,14)15)7(11)5(3-10)8(4)12/h1,12H,11H2,(H,13,14,15). The van der Waals surface area contributed by atoms with Crippen LogP contribution < -0.4 is 5.73 Å². The molecule has 0 atom stereocenters. The average Bonchev–Trinajstić information content (AvgIpc) is 2.17. The lowest BCUT2D eigenvalue weighted by Crippen LogP contribution is -2.06. The largest absolute Gasteiger partial charge is 0.505 e. The zero-order valence-corrected chi connectivity index (χ0v) is 8.48. The van der Waals surface area contributed by atoms with E-state index in [0.29, 0.717) is 6.07 Å². The number of phenolic OH excluding ortho intramolecular Hbond substituents is 1. The Morgan fingerprint density at radius 3 is 2.25 bits per heavy atom. The number of phenols is 1. The summed E-state index contributed by atoms with van der Waals surface area (Å²) in [7, 11) is -4.65. The van der Waals surface area contributed by atoms with Gasteiger partial charge in [0, 0.05) is 0 Å². The predicted octanol–water partition coefficient (Wildman–Crippen LogP) is -0.0355. The molecule has 7 nitrogen and oxygen atoms in total. The molecular formula is C8H5N3O4S. The molecule has 0 saturated carbocycles. The molecule has 0 aliphatic rings. The molecule has 82 valence electrons. The van der Waals surface area contributed by atoms with Crippen LogP contribution in [0.2, 0.25) is 0 Å². The summed E-state index contributed by atoms with van der Waals surface area (Å²) in [5.41, 5.74) is 3.65. The monoisotopic (exact) mass is 239 g/mol. The van der Waals surface area contributed by atoms with Gasteiger partial charge in [-0.1, -0.05) is 0 Å². The van der Waals surface area contributed by atoms with Gasteiger partial charge in [-0.2, -0.15) is 18.9 Å². The first-order chi connectivity index (χ1) is 7.32. The molecular weight excluding hydrogens is 234 g/mol. The van der Waals surface area contributed by atoms with E-state index in [1.807, 2.05) is 0 Å². The van der Waals surface area contributed by atoms with Gasteiger partial charge in [0.15, 0.2) is 5.75 Å². The van der Waals surface area contributed by atoms with Gasteiger partial charge >= 0.3 is 0 Å². The maximum atomic E-state index is 10.9. The van der Waals surface area contributed by atoms with Crippen LogP contribution in [0, 0.1) is 22.7 Å². The smallest absolute Gasteiger partial charge is 0.296 e. The SMILES string of the molecule is N#Cc1cc(S(=O)(=O)O)c(N)c(C#N)c1O. The Bertz CT molecular complexity index is 637. The van der Waals surface area contributed by atoms with Gasteiger partial charge in [0.1, 0.15) is 22.6 Å². The van der Waals surface area contributed by atoms with Crippen molar-refractivity contribution in [1.29, 1.82) is 10.5 Å². The Hall–Kier alpha value is -2.29. The molecule has 0 saturated heterocycles. The maximum Gasteiger partial charge on any atom is 0.296 e. The Balaban J connectivity index is 3.85. The summed E-state index contributed by atoms with van der Waals surface area (Å²) < 4.78 is 30.5. The van der Waals surface area contributed by atoms with Crippen LogP contribution in [-0.2, 0) is 10.1 Å². The lowest BCUT2D eigenvalue weighted by molar-refractivity contribution is 0.470. The van der Waals surface area contributed by atoms with Crippen molar-refractivity contribution in [3.63, 3.8) is 0 Å². The molecule has 0 amide bonds. The first kappa shape index (κ1) is 11.8. The van der Waals surface area contributed by atoms with Crippen molar-refractivity contribution < 1.29 is 18.1 Å². The minimum absolute atomic E-state index is 0.460. The fourth-order valence-electron chi connectivity index (χ4n) is 1.07. The van der Waals surface area contributed by atoms with Crippen LogP contribution in [0.5, 0.6) is 5.75 Å². The summed E-state index contributed by atoms with van der Waals surface area (Å²) in [5, 5.41) is 26.6. The Morgan fingerprint density at radius 1 is 1.31 bits per heavy atom. The number of aromatic hydroxyl groups is 1. The molecule has 0 bridgehead atoms. The van der Waals surface area contributed by atoms with E-state index in [4.69, 9.17) is 20.8 Å². The number of nitrogen functional groups attached to an aromatic ring is 1. The van der Waals surface area contributed by atoms with Crippen molar-refractivity contribution in [2.75, 3.05) is 5.73 Å². The van der Waals surface area contributed by atoms with E-state index in [2.05, 4.69) is 0 Å². The molecule has 0 unspecified atom stereocenters. The molecule has 1 aromatic rings. The molecule has 0 aliphatic carbocycles. The molecule has 1 aromatic carbocycles. The van der Waals surface area contributed by atoms with Gasteiger partial charge in [-0.15, -0.1) is 0 Å². The van der Waals surface area contributed by atoms with Gasteiger partial charge in [-0.05, 0) is 6.07 Å². The number of benzene rings is 1. The summed E-state index contributed by atoms with van der Waals surface area (Å²) in [4.78, 5) is -0.779. The van der Waals surface area contributed by atoms with Gasteiger partial charge in [0.25, 0.3) is 10.1 Å². The minimum atomic E-state index is -4.65. The quantitative estimate of drug-likeness (QED) is 0.460. The summed E-state index contributed by atoms with van der Waals surface area (Å²) >= 11 is 0. The van der Waals surface area contributed by atoms with Gasteiger partial charge < -0.3 is 10.8 Å². The second-order valence-electron chi connectivity index (χ2n) is 2.76. The van der Waals surface area contributed by atoms with E-state index in [-0.39, 0.29) is 0 Å². The highest BCUT2D eigenvalue weighted by Crippen LogP contribution is 2.32. The highest BCUT2D eigenvalue weighted by molar-refractivity contribution is 7.86. The van der Waals surface area contributed by atoms with E-state index >= 15 is 0 Å². The summed E-state index contributed by atoms with van der Waals surface area (Å²) in [5.74, 6) is -0.713. The lowest BCUT2D eigenvalue weighted by Gasteiger charge is -2.07. The molecule has 0 aliphatic heterocycles. The number of nitrogens with zero attached hydrogens (tertiary/aromatic N) is 2. The normalized spacial score (nSPS) is 10.4. The van der Waals surface area contributed by atoms with Crippen molar-refractivity contribution in [3.05, 3.63) is 17.2 Å². The number of rotatable bonds is 1. The van der Waals surface area contributed by atoms with E-state index in [1.165, 1.54) is 12.1 Å². The van der Waals surface area contributed by atoms with Crippen molar-refractivity contribution in [2.24, 2.45) is 0 Å². The molecule has 8 heteroatoms. The summed E-state index contributed by atoms with van der Waals surface area (Å²) in [6.45, 7) is 0. The number of nitrogens with two attached hydrogens (primary N) is 1. The first-order valence-corrected chi connectivity index (χ1v) is 5.20. The van der Waals surface area contributed by atoms with Crippen molar-refractivity contribution in [3.8, 4) is 17.9 Å². The van der Waals surface area contributed by atoms with E-state index in [0.717, 1.165) is 0 Å². The highest BCUT2D eigenvalue weighted by atomic mass is 32.2. The zero-order valence-electron chi connectivity index (χ0n) is 7.67. The van der Waals surface area contributed by atoms with Crippen LogP contribution in [0.1, 0.15) is 11.1 Å². The molecule has 16 heavy (non-hydrogen) atoms. The number of hydrogen-bond donors (Lipinski definition) is 3. The number of nitriles is 2. The third kappa shape index (κ3) is 1.75. The summed E-state index contributed by atoms with van der Waals surface area (Å²) in [6, 6.07) is 3.62. The molecule has 1 rings (SSSR count). The Morgan fingerprint density at radius 2 is 1.88 bits per heavy atom. The minimum Gasteiger partial charge on any atom is -0.505 e. The molecule has 0 heterocycles. The van der Waals surface area contributed by atoms with Crippen LogP contribution in [0.15, 0.2) is 11.0 Å². The second-order valence-corrected chi connectivity index (χ2v) is 4.15. The zero-order chi connectivity index (χ0) is 12.5. The third-order valence-electron chi connectivity index (χ3n) is 1.81. The van der Waals surface area contributed by atoms with Gasteiger partial charge in [-0.25, -0.2) is 0 Å². The second kappa shape index (κ2) is 3.70. The molecule has 4 N–H and O–H groups in total.